The second kappa shape index (κ2) is 7.99. The van der Waals surface area contributed by atoms with Gasteiger partial charge in [0, 0.05) is 18.7 Å². The lowest BCUT2D eigenvalue weighted by Gasteiger charge is -2.16. The van der Waals surface area contributed by atoms with Crippen molar-refractivity contribution in [2.75, 3.05) is 17.2 Å². The lowest BCUT2D eigenvalue weighted by molar-refractivity contribution is -0.118. The number of nitrogens with one attached hydrogen (secondary N) is 2. The molecule has 0 saturated carbocycles. The summed E-state index contributed by atoms with van der Waals surface area (Å²) >= 11 is 0. The van der Waals surface area contributed by atoms with Gasteiger partial charge >= 0.3 is 0 Å². The first-order valence-electron chi connectivity index (χ1n) is 9.11. The first kappa shape index (κ1) is 17.8. The number of imidazole rings is 1. The molecule has 1 aliphatic rings. The monoisotopic (exact) mass is 380 g/mol. The van der Waals surface area contributed by atoms with Crippen LogP contribution in [0, 0.1) is 0 Å². The Bertz CT molecular complexity index is 961. The molecule has 2 amide bonds. The van der Waals surface area contributed by atoms with Gasteiger partial charge < -0.3 is 24.4 Å². The van der Waals surface area contributed by atoms with E-state index in [0.29, 0.717) is 17.3 Å². The molecule has 0 saturated heterocycles. The molecule has 0 radical (unpaired) electrons. The Labute approximate surface area is 161 Å². The van der Waals surface area contributed by atoms with E-state index in [2.05, 4.69) is 15.6 Å². The first-order chi connectivity index (χ1) is 13.7. The lowest BCUT2D eigenvalue weighted by atomic mass is 10.2. The number of carbonyl (C=O) groups excluding carboxylic acids is 2. The first-order valence-corrected chi connectivity index (χ1v) is 9.11. The van der Waals surface area contributed by atoms with E-state index < -0.39 is 0 Å². The summed E-state index contributed by atoms with van der Waals surface area (Å²) < 4.78 is 12.6. The third-order valence-electron chi connectivity index (χ3n) is 4.46. The maximum Gasteiger partial charge on any atom is 0.291 e. The predicted molar refractivity (Wildman–Crippen MR) is 102 cm³/mol. The van der Waals surface area contributed by atoms with Gasteiger partial charge in [-0.2, -0.15) is 0 Å². The Morgan fingerprint density at radius 3 is 2.79 bits per heavy atom. The Balaban J connectivity index is 1.28. The number of fused-ring (bicyclic) bond motifs is 1. The molecule has 0 aliphatic carbocycles. The molecule has 3 heterocycles. The molecule has 0 atom stereocenters. The number of furan rings is 1. The van der Waals surface area contributed by atoms with Crippen molar-refractivity contribution in [2.45, 2.75) is 25.8 Å². The van der Waals surface area contributed by atoms with Gasteiger partial charge in [-0.25, -0.2) is 4.98 Å². The van der Waals surface area contributed by atoms with E-state index >= 15 is 0 Å². The number of amides is 2. The van der Waals surface area contributed by atoms with E-state index in [-0.39, 0.29) is 24.2 Å². The topological polar surface area (TPSA) is 98.4 Å². The highest BCUT2D eigenvalue weighted by Gasteiger charge is 2.15. The molecule has 144 valence electrons. The van der Waals surface area contributed by atoms with Crippen LogP contribution in [0.4, 0.5) is 11.5 Å². The Morgan fingerprint density at radius 2 is 2.00 bits per heavy atom. The van der Waals surface area contributed by atoms with Gasteiger partial charge in [-0.3, -0.25) is 9.59 Å². The average Bonchev–Trinajstić information content (AvgIpc) is 3.38. The molecule has 1 aromatic carbocycles. The Hall–Kier alpha value is -3.55. The van der Waals surface area contributed by atoms with E-state index in [9.17, 15) is 9.59 Å². The van der Waals surface area contributed by atoms with Crippen molar-refractivity contribution in [2.24, 2.45) is 0 Å². The van der Waals surface area contributed by atoms with Crippen LogP contribution in [0.5, 0.6) is 5.75 Å². The fourth-order valence-electron chi connectivity index (χ4n) is 3.08. The highest BCUT2D eigenvalue weighted by molar-refractivity contribution is 6.02. The summed E-state index contributed by atoms with van der Waals surface area (Å²) in [6, 6.07) is 10.0. The maximum absolute atomic E-state index is 12.2. The third-order valence-corrected chi connectivity index (χ3v) is 4.46. The van der Waals surface area contributed by atoms with Gasteiger partial charge in [-0.15, -0.1) is 0 Å². The number of benzene rings is 1. The summed E-state index contributed by atoms with van der Waals surface area (Å²) in [7, 11) is 0. The molecule has 0 bridgehead atoms. The minimum Gasteiger partial charge on any atom is -0.484 e. The van der Waals surface area contributed by atoms with Crippen LogP contribution in [0.2, 0.25) is 0 Å². The van der Waals surface area contributed by atoms with Crippen molar-refractivity contribution >= 4 is 23.3 Å². The zero-order chi connectivity index (χ0) is 19.3. The molecular weight excluding hydrogens is 360 g/mol. The number of anilines is 2. The van der Waals surface area contributed by atoms with Crippen LogP contribution in [0.15, 0.2) is 53.3 Å². The highest BCUT2D eigenvalue weighted by Crippen LogP contribution is 2.20. The molecule has 8 heteroatoms. The smallest absolute Gasteiger partial charge is 0.291 e. The van der Waals surface area contributed by atoms with Crippen LogP contribution < -0.4 is 15.4 Å². The summed E-state index contributed by atoms with van der Waals surface area (Å²) in [4.78, 5) is 28.4. The Morgan fingerprint density at radius 1 is 1.14 bits per heavy atom. The zero-order valence-electron chi connectivity index (χ0n) is 15.2. The van der Waals surface area contributed by atoms with Crippen molar-refractivity contribution in [3.8, 4) is 5.75 Å². The summed E-state index contributed by atoms with van der Waals surface area (Å²) in [5, 5.41) is 5.56. The Kier molecular flexibility index (Phi) is 5.09. The van der Waals surface area contributed by atoms with Crippen LogP contribution in [-0.2, 0) is 17.8 Å². The normalized spacial score (nSPS) is 12.9. The number of ether oxygens (including phenoxy) is 1. The average molecular weight is 380 g/mol. The molecule has 4 rings (SSSR count). The van der Waals surface area contributed by atoms with Gasteiger partial charge in [-0.1, -0.05) is 0 Å². The predicted octanol–water partition coefficient (Wildman–Crippen LogP) is 3.08. The largest absolute Gasteiger partial charge is 0.484 e. The number of hydrogen-bond donors (Lipinski definition) is 2. The number of aromatic nitrogens is 2. The van der Waals surface area contributed by atoms with Crippen molar-refractivity contribution in [3.05, 3.63) is 60.4 Å². The number of nitrogens with zero attached hydrogens (tertiary/aromatic N) is 2. The van der Waals surface area contributed by atoms with Gasteiger partial charge in [0.1, 0.15) is 17.4 Å². The van der Waals surface area contributed by atoms with Gasteiger partial charge in [0.25, 0.3) is 11.8 Å². The van der Waals surface area contributed by atoms with Crippen molar-refractivity contribution in [1.29, 1.82) is 0 Å². The maximum atomic E-state index is 12.2. The number of aryl methyl sites for hydroxylation is 1. The molecular formula is C20H20N4O4. The van der Waals surface area contributed by atoms with Gasteiger partial charge in [-0.05, 0) is 49.2 Å². The molecule has 28 heavy (non-hydrogen) atoms. The van der Waals surface area contributed by atoms with Gasteiger partial charge in [0.15, 0.2) is 12.4 Å². The molecule has 0 fully saturated rings. The molecule has 0 unspecified atom stereocenters. The van der Waals surface area contributed by atoms with E-state index in [0.717, 1.165) is 31.6 Å². The van der Waals surface area contributed by atoms with Crippen molar-refractivity contribution in [3.63, 3.8) is 0 Å². The van der Waals surface area contributed by atoms with Crippen LogP contribution in [0.25, 0.3) is 0 Å². The molecule has 2 aromatic heterocycles. The fourth-order valence-corrected chi connectivity index (χ4v) is 3.08. The quantitative estimate of drug-likeness (QED) is 0.685. The standard InChI is InChI=1S/C20H20N4O4/c25-19(23-18-12-21-17-5-1-2-10-24(17)18)13-28-15-8-6-14(7-9-15)22-20(26)16-4-3-11-27-16/h3-4,6-9,11-12H,1-2,5,10,13H2,(H,22,26)(H,23,25). The lowest BCUT2D eigenvalue weighted by Crippen LogP contribution is -2.23. The van der Waals surface area contributed by atoms with E-state index in [1.165, 1.54) is 6.26 Å². The van der Waals surface area contributed by atoms with Crippen molar-refractivity contribution in [1.82, 2.24) is 9.55 Å². The highest BCUT2D eigenvalue weighted by atomic mass is 16.5. The molecule has 0 spiro atoms. The SMILES string of the molecule is O=C(COc1ccc(NC(=O)c2ccco2)cc1)Nc1cnc2n1CCCC2. The fraction of sp³-hybridized carbons (Fsp3) is 0.250. The summed E-state index contributed by atoms with van der Waals surface area (Å²) in [5.74, 6) is 1.90. The van der Waals surface area contributed by atoms with Crippen molar-refractivity contribution < 1.29 is 18.7 Å². The van der Waals surface area contributed by atoms with Crippen LogP contribution >= 0.6 is 0 Å². The van der Waals surface area contributed by atoms with Crippen LogP contribution in [-0.4, -0.2) is 28.0 Å². The van der Waals surface area contributed by atoms with Gasteiger partial charge in [0.2, 0.25) is 0 Å². The van der Waals surface area contributed by atoms with E-state index in [4.69, 9.17) is 9.15 Å². The molecule has 2 N–H and O–H groups in total. The third kappa shape index (κ3) is 4.06. The zero-order valence-corrected chi connectivity index (χ0v) is 15.2. The number of carbonyl (C=O) groups is 2. The minimum absolute atomic E-state index is 0.112. The van der Waals surface area contributed by atoms with E-state index in [1.54, 1.807) is 42.6 Å². The minimum atomic E-state index is -0.331. The van der Waals surface area contributed by atoms with Gasteiger partial charge in [0.05, 0.1) is 12.5 Å². The number of hydrogen-bond acceptors (Lipinski definition) is 5. The van der Waals surface area contributed by atoms with E-state index in [1.807, 2.05) is 4.57 Å². The number of rotatable bonds is 6. The summed E-state index contributed by atoms with van der Waals surface area (Å²) in [6.45, 7) is 0.760. The second-order valence-electron chi connectivity index (χ2n) is 6.46. The molecule has 3 aromatic rings. The molecule has 8 nitrogen and oxygen atoms in total. The second-order valence-corrected chi connectivity index (χ2v) is 6.46. The van der Waals surface area contributed by atoms with Crippen LogP contribution in [0.3, 0.4) is 0 Å². The summed E-state index contributed by atoms with van der Waals surface area (Å²) in [6.07, 6.45) is 6.29. The van der Waals surface area contributed by atoms with Crippen LogP contribution in [0.1, 0.15) is 29.2 Å². The molecule has 1 aliphatic heterocycles. The summed E-state index contributed by atoms with van der Waals surface area (Å²) in [5.41, 5.74) is 0.601.